The van der Waals surface area contributed by atoms with Gasteiger partial charge in [0.2, 0.25) is 11.9 Å². The van der Waals surface area contributed by atoms with Crippen molar-refractivity contribution in [3.05, 3.63) is 65.6 Å². The van der Waals surface area contributed by atoms with Crippen molar-refractivity contribution in [3.8, 4) is 0 Å². The normalized spacial score (nSPS) is 16.7. The molecule has 1 atom stereocenters. The first-order valence-corrected chi connectivity index (χ1v) is 10.1. The molecule has 4 heterocycles. The smallest absolute Gasteiger partial charge is 0.246 e. The number of nitrogens with one attached hydrogen (secondary N) is 2. The number of amides is 1. The average Bonchev–Trinajstić information content (AvgIpc) is 3.25. The highest BCUT2D eigenvalue weighted by Crippen LogP contribution is 2.28. The number of aromatic amines is 1. The molecule has 1 aliphatic heterocycles. The molecule has 1 unspecified atom stereocenters. The SMILES string of the molecule is Cc1cc(C)nc(Nc2cc(C3CCCN(C(=O)/C=C/c4cnc[nH]4)C3)ccn2)n1. The quantitative estimate of drug-likeness (QED) is 0.634. The lowest BCUT2D eigenvalue weighted by Gasteiger charge is -2.32. The molecule has 0 aromatic carbocycles. The second-order valence-corrected chi connectivity index (χ2v) is 7.54. The van der Waals surface area contributed by atoms with E-state index in [9.17, 15) is 4.79 Å². The number of H-pyrrole nitrogens is 1. The van der Waals surface area contributed by atoms with E-state index >= 15 is 0 Å². The number of rotatable bonds is 5. The van der Waals surface area contributed by atoms with Gasteiger partial charge in [-0.1, -0.05) is 0 Å². The van der Waals surface area contributed by atoms with Gasteiger partial charge < -0.3 is 15.2 Å². The van der Waals surface area contributed by atoms with Crippen LogP contribution in [0.15, 0.2) is 43.0 Å². The minimum absolute atomic E-state index is 0.0188. The van der Waals surface area contributed by atoms with Crippen molar-refractivity contribution >= 4 is 23.7 Å². The maximum Gasteiger partial charge on any atom is 0.246 e. The number of imidazole rings is 1. The Hall–Kier alpha value is -3.55. The van der Waals surface area contributed by atoms with Crippen molar-refractivity contribution < 1.29 is 4.79 Å². The van der Waals surface area contributed by atoms with Gasteiger partial charge >= 0.3 is 0 Å². The number of hydrogen-bond acceptors (Lipinski definition) is 6. The first-order valence-electron chi connectivity index (χ1n) is 10.1. The molecule has 1 amide bonds. The van der Waals surface area contributed by atoms with Crippen molar-refractivity contribution in [2.45, 2.75) is 32.6 Å². The van der Waals surface area contributed by atoms with E-state index in [0.717, 1.165) is 42.0 Å². The number of aromatic nitrogens is 5. The predicted molar refractivity (Wildman–Crippen MR) is 115 cm³/mol. The number of hydrogen-bond donors (Lipinski definition) is 2. The van der Waals surface area contributed by atoms with Gasteiger partial charge in [0.1, 0.15) is 5.82 Å². The van der Waals surface area contributed by atoms with E-state index in [1.807, 2.05) is 36.9 Å². The van der Waals surface area contributed by atoms with Crippen molar-refractivity contribution in [3.63, 3.8) is 0 Å². The van der Waals surface area contributed by atoms with Gasteiger partial charge in [-0.2, -0.15) is 0 Å². The summed E-state index contributed by atoms with van der Waals surface area (Å²) in [4.78, 5) is 34.7. The predicted octanol–water partition coefficient (Wildman–Crippen LogP) is 3.37. The number of anilines is 2. The summed E-state index contributed by atoms with van der Waals surface area (Å²) in [5, 5.41) is 3.20. The molecule has 0 saturated carbocycles. The molecule has 8 heteroatoms. The molecule has 2 N–H and O–H groups in total. The number of carbonyl (C=O) groups excluding carboxylic acids is 1. The molecule has 3 aromatic heterocycles. The second-order valence-electron chi connectivity index (χ2n) is 7.54. The molecular formula is C22H25N7O. The van der Waals surface area contributed by atoms with E-state index in [1.165, 1.54) is 0 Å². The van der Waals surface area contributed by atoms with Crippen LogP contribution in [0.5, 0.6) is 0 Å². The Morgan fingerprint density at radius 3 is 2.87 bits per heavy atom. The number of aryl methyl sites for hydroxylation is 2. The van der Waals surface area contributed by atoms with E-state index in [4.69, 9.17) is 0 Å². The topological polar surface area (TPSA) is 99.7 Å². The number of pyridine rings is 1. The zero-order chi connectivity index (χ0) is 20.9. The fourth-order valence-electron chi connectivity index (χ4n) is 3.74. The van der Waals surface area contributed by atoms with Crippen molar-refractivity contribution in [1.82, 2.24) is 29.8 Å². The molecule has 1 saturated heterocycles. The third kappa shape index (κ3) is 4.89. The van der Waals surface area contributed by atoms with Crippen LogP contribution in [0.1, 0.15) is 41.4 Å². The Bertz CT molecular complexity index is 1030. The highest BCUT2D eigenvalue weighted by atomic mass is 16.2. The fraction of sp³-hybridized carbons (Fsp3) is 0.318. The van der Waals surface area contributed by atoms with E-state index < -0.39 is 0 Å². The summed E-state index contributed by atoms with van der Waals surface area (Å²) in [6.07, 6.45) is 10.5. The second kappa shape index (κ2) is 8.86. The molecule has 4 rings (SSSR count). The third-order valence-electron chi connectivity index (χ3n) is 5.14. The summed E-state index contributed by atoms with van der Waals surface area (Å²) in [7, 11) is 0. The number of carbonyl (C=O) groups is 1. The third-order valence-corrected chi connectivity index (χ3v) is 5.14. The molecule has 0 bridgehead atoms. The first kappa shape index (κ1) is 19.8. The van der Waals surface area contributed by atoms with E-state index in [0.29, 0.717) is 18.3 Å². The van der Waals surface area contributed by atoms with Crippen molar-refractivity contribution in [1.29, 1.82) is 0 Å². The lowest BCUT2D eigenvalue weighted by Crippen LogP contribution is -2.38. The minimum Gasteiger partial charge on any atom is -0.345 e. The van der Waals surface area contributed by atoms with Crippen LogP contribution in [-0.2, 0) is 4.79 Å². The summed E-state index contributed by atoms with van der Waals surface area (Å²) < 4.78 is 0. The van der Waals surface area contributed by atoms with Gasteiger partial charge in [0.05, 0.1) is 18.2 Å². The summed E-state index contributed by atoms with van der Waals surface area (Å²) in [5.41, 5.74) is 3.79. The van der Waals surface area contributed by atoms with Crippen LogP contribution in [0.2, 0.25) is 0 Å². The Kier molecular flexibility index (Phi) is 5.83. The molecule has 154 valence electrons. The molecule has 8 nitrogen and oxygen atoms in total. The molecule has 0 aliphatic carbocycles. The maximum absolute atomic E-state index is 12.6. The zero-order valence-corrected chi connectivity index (χ0v) is 17.2. The Labute approximate surface area is 175 Å². The van der Waals surface area contributed by atoms with Gasteiger partial charge in [0, 0.05) is 42.7 Å². The van der Waals surface area contributed by atoms with Crippen molar-refractivity contribution in [2.75, 3.05) is 18.4 Å². The van der Waals surface area contributed by atoms with Gasteiger partial charge in [-0.15, -0.1) is 0 Å². The van der Waals surface area contributed by atoms with E-state index in [1.54, 1.807) is 30.9 Å². The minimum atomic E-state index is 0.0188. The molecule has 3 aromatic rings. The van der Waals surface area contributed by atoms with Gasteiger partial charge in [0.15, 0.2) is 0 Å². The standard InChI is InChI=1S/C22H25N7O/c1-15-10-16(2)27-22(26-15)28-20-11-17(7-8-24-20)18-4-3-9-29(13-18)21(30)6-5-19-12-23-14-25-19/h5-8,10-12,14,18H,3-4,9,13H2,1-2H3,(H,23,25)(H,24,26,27,28)/b6-5+. The summed E-state index contributed by atoms with van der Waals surface area (Å²) >= 11 is 0. The van der Waals surface area contributed by atoms with Gasteiger partial charge in [-0.3, -0.25) is 4.79 Å². The van der Waals surface area contributed by atoms with Crippen LogP contribution in [0.3, 0.4) is 0 Å². The molecule has 30 heavy (non-hydrogen) atoms. The van der Waals surface area contributed by atoms with Crippen LogP contribution in [0.25, 0.3) is 6.08 Å². The fourth-order valence-corrected chi connectivity index (χ4v) is 3.74. The summed E-state index contributed by atoms with van der Waals surface area (Å²) in [6.45, 7) is 5.35. The Morgan fingerprint density at radius 2 is 2.10 bits per heavy atom. The summed E-state index contributed by atoms with van der Waals surface area (Å²) in [5.74, 6) is 1.54. The van der Waals surface area contributed by atoms with E-state index in [2.05, 4.69) is 30.2 Å². The van der Waals surface area contributed by atoms with Crippen LogP contribution in [0.4, 0.5) is 11.8 Å². The van der Waals surface area contributed by atoms with Crippen LogP contribution in [-0.4, -0.2) is 48.8 Å². The van der Waals surface area contributed by atoms with Crippen molar-refractivity contribution in [2.24, 2.45) is 0 Å². The lowest BCUT2D eigenvalue weighted by atomic mass is 9.91. The molecule has 1 fully saturated rings. The Morgan fingerprint density at radius 1 is 1.27 bits per heavy atom. The zero-order valence-electron chi connectivity index (χ0n) is 17.2. The highest BCUT2D eigenvalue weighted by Gasteiger charge is 2.24. The monoisotopic (exact) mass is 403 g/mol. The lowest BCUT2D eigenvalue weighted by molar-refractivity contribution is -0.127. The number of likely N-dealkylation sites (tertiary alicyclic amines) is 1. The molecule has 1 aliphatic rings. The van der Waals surface area contributed by atoms with Crippen LogP contribution < -0.4 is 5.32 Å². The summed E-state index contributed by atoms with van der Waals surface area (Å²) in [6, 6.07) is 5.98. The number of piperidine rings is 1. The van der Waals surface area contributed by atoms with Gasteiger partial charge in [-0.05, 0) is 56.5 Å². The maximum atomic E-state index is 12.6. The molecule has 0 radical (unpaired) electrons. The average molecular weight is 403 g/mol. The highest BCUT2D eigenvalue weighted by molar-refractivity contribution is 5.91. The van der Waals surface area contributed by atoms with Crippen LogP contribution in [0, 0.1) is 13.8 Å². The first-order chi connectivity index (χ1) is 14.6. The van der Waals surface area contributed by atoms with E-state index in [-0.39, 0.29) is 11.8 Å². The molecule has 0 spiro atoms. The largest absolute Gasteiger partial charge is 0.345 e. The molecular weight excluding hydrogens is 378 g/mol. The number of nitrogens with zero attached hydrogens (tertiary/aromatic N) is 5. The van der Waals surface area contributed by atoms with Gasteiger partial charge in [-0.25, -0.2) is 19.9 Å². The van der Waals surface area contributed by atoms with Crippen LogP contribution >= 0.6 is 0 Å². The Balaban J connectivity index is 1.44. The van der Waals surface area contributed by atoms with Gasteiger partial charge in [0.25, 0.3) is 0 Å².